The number of carbonyl (C=O) groups is 1. The van der Waals surface area contributed by atoms with Crippen LogP contribution in [0, 0.1) is 6.92 Å². The molecule has 3 rings (SSSR count). The summed E-state index contributed by atoms with van der Waals surface area (Å²) in [4.78, 5) is 23.0. The summed E-state index contributed by atoms with van der Waals surface area (Å²) in [5, 5.41) is 3.34. The van der Waals surface area contributed by atoms with Crippen molar-refractivity contribution in [2.75, 3.05) is 23.9 Å². The normalized spacial score (nSPS) is 13.6. The molecule has 0 radical (unpaired) electrons. The minimum absolute atomic E-state index is 0.291. The molecule has 6 heteroatoms. The number of aromatic nitrogens is 2. The van der Waals surface area contributed by atoms with Crippen LogP contribution in [-0.2, 0) is 17.7 Å². The first-order valence-electron chi connectivity index (χ1n) is 8.53. The van der Waals surface area contributed by atoms with Gasteiger partial charge in [-0.15, -0.1) is 0 Å². The van der Waals surface area contributed by atoms with Gasteiger partial charge in [-0.05, 0) is 50.5 Å². The fourth-order valence-corrected chi connectivity index (χ4v) is 3.08. The van der Waals surface area contributed by atoms with Crippen LogP contribution in [0.1, 0.15) is 41.2 Å². The number of ether oxygens (including phenoxy) is 1. The van der Waals surface area contributed by atoms with Gasteiger partial charge >= 0.3 is 5.97 Å². The molecule has 1 aliphatic rings. The second-order valence-electron chi connectivity index (χ2n) is 6.60. The Labute approximate surface area is 148 Å². The second kappa shape index (κ2) is 7.09. The number of esters is 1. The quantitative estimate of drug-likeness (QED) is 0.863. The van der Waals surface area contributed by atoms with E-state index in [1.54, 1.807) is 0 Å². The minimum atomic E-state index is -0.291. The molecule has 1 aromatic heterocycles. The number of nitrogens with zero attached hydrogens (tertiary/aromatic N) is 3. The first-order chi connectivity index (χ1) is 12.0. The predicted octanol–water partition coefficient (Wildman–Crippen LogP) is 2.95. The largest absolute Gasteiger partial charge is 0.465 e. The number of methoxy groups -OCH3 is 1. The third-order valence-electron chi connectivity index (χ3n) is 4.22. The van der Waals surface area contributed by atoms with Crippen molar-refractivity contribution in [3.05, 3.63) is 46.8 Å². The number of rotatable bonds is 4. The molecule has 0 spiro atoms. The molecule has 132 valence electrons. The van der Waals surface area contributed by atoms with Crippen LogP contribution in [0.4, 0.5) is 11.6 Å². The van der Waals surface area contributed by atoms with Gasteiger partial charge in [0.2, 0.25) is 0 Å². The number of hydrogen-bond acceptors (Lipinski definition) is 6. The van der Waals surface area contributed by atoms with E-state index in [1.807, 2.05) is 31.2 Å². The lowest BCUT2D eigenvalue weighted by Gasteiger charge is -2.30. The lowest BCUT2D eigenvalue weighted by atomic mass is 9.97. The lowest BCUT2D eigenvalue weighted by Crippen LogP contribution is -2.31. The van der Waals surface area contributed by atoms with Gasteiger partial charge in [-0.2, -0.15) is 0 Å². The van der Waals surface area contributed by atoms with Gasteiger partial charge in [-0.25, -0.2) is 14.8 Å². The highest BCUT2D eigenvalue weighted by molar-refractivity contribution is 5.89. The van der Waals surface area contributed by atoms with Crippen LogP contribution >= 0.6 is 0 Å². The zero-order chi connectivity index (χ0) is 18.0. The first-order valence-corrected chi connectivity index (χ1v) is 8.53. The van der Waals surface area contributed by atoms with Gasteiger partial charge in [0.1, 0.15) is 17.5 Å². The van der Waals surface area contributed by atoms with Gasteiger partial charge in [0.05, 0.1) is 12.7 Å². The van der Waals surface area contributed by atoms with Gasteiger partial charge in [-0.1, -0.05) is 6.07 Å². The Morgan fingerprint density at radius 3 is 2.76 bits per heavy atom. The molecular formula is C19H24N4O2. The van der Waals surface area contributed by atoms with Crippen molar-refractivity contribution in [1.82, 2.24) is 9.97 Å². The molecule has 0 unspecified atom stereocenters. The highest BCUT2D eigenvalue weighted by Gasteiger charge is 2.20. The number of nitrogens with one attached hydrogen (secondary N) is 1. The molecular weight excluding hydrogens is 316 g/mol. The van der Waals surface area contributed by atoms with E-state index in [1.165, 1.54) is 18.2 Å². The molecule has 1 aliphatic heterocycles. The van der Waals surface area contributed by atoms with Gasteiger partial charge in [0.15, 0.2) is 0 Å². The van der Waals surface area contributed by atoms with E-state index in [0.717, 1.165) is 37.0 Å². The highest BCUT2D eigenvalue weighted by Crippen LogP contribution is 2.26. The first kappa shape index (κ1) is 17.2. The van der Waals surface area contributed by atoms with Crippen LogP contribution in [0.5, 0.6) is 0 Å². The summed E-state index contributed by atoms with van der Waals surface area (Å²) < 4.78 is 4.80. The molecule has 25 heavy (non-hydrogen) atoms. The third kappa shape index (κ3) is 3.90. The Bertz CT molecular complexity index is 789. The second-order valence-corrected chi connectivity index (χ2v) is 6.60. The minimum Gasteiger partial charge on any atom is -0.465 e. The molecule has 2 heterocycles. The standard InChI is InChI=1S/C19H24N4O2/c1-12(2)20-17-10-18(22-13(3)21-17)23-8-7-14-9-15(19(24)25-4)5-6-16(14)11-23/h5-6,9-10,12H,7-8,11H2,1-4H3,(H,20,21,22). The molecule has 0 aliphatic carbocycles. The summed E-state index contributed by atoms with van der Waals surface area (Å²) >= 11 is 0. The summed E-state index contributed by atoms with van der Waals surface area (Å²) in [6, 6.07) is 8.09. The molecule has 1 aromatic carbocycles. The van der Waals surface area contributed by atoms with Gasteiger partial charge < -0.3 is 15.0 Å². The Balaban J connectivity index is 1.83. The molecule has 0 saturated heterocycles. The van der Waals surface area contributed by atoms with Crippen LogP contribution in [0.25, 0.3) is 0 Å². The van der Waals surface area contributed by atoms with Crippen molar-refractivity contribution in [3.8, 4) is 0 Å². The molecule has 1 N–H and O–H groups in total. The fourth-order valence-electron chi connectivity index (χ4n) is 3.08. The van der Waals surface area contributed by atoms with E-state index >= 15 is 0 Å². The third-order valence-corrected chi connectivity index (χ3v) is 4.22. The summed E-state index contributed by atoms with van der Waals surface area (Å²) in [6.45, 7) is 7.72. The number of benzene rings is 1. The summed E-state index contributed by atoms with van der Waals surface area (Å²) in [7, 11) is 1.41. The number of fused-ring (bicyclic) bond motifs is 1. The van der Waals surface area contributed by atoms with Gasteiger partial charge in [0, 0.05) is 25.2 Å². The van der Waals surface area contributed by atoms with E-state index in [0.29, 0.717) is 11.6 Å². The summed E-state index contributed by atoms with van der Waals surface area (Å²) in [5.41, 5.74) is 3.02. The Morgan fingerprint density at radius 2 is 2.04 bits per heavy atom. The average molecular weight is 340 g/mol. The van der Waals surface area contributed by atoms with Gasteiger partial charge in [-0.3, -0.25) is 0 Å². The van der Waals surface area contributed by atoms with E-state index in [2.05, 4.69) is 34.0 Å². The maximum atomic E-state index is 11.7. The lowest BCUT2D eigenvalue weighted by molar-refractivity contribution is 0.0600. The van der Waals surface area contributed by atoms with Crippen molar-refractivity contribution in [2.24, 2.45) is 0 Å². The molecule has 6 nitrogen and oxygen atoms in total. The maximum Gasteiger partial charge on any atom is 0.337 e. The smallest absolute Gasteiger partial charge is 0.337 e. The van der Waals surface area contributed by atoms with E-state index in [-0.39, 0.29) is 5.97 Å². The number of hydrogen-bond donors (Lipinski definition) is 1. The van der Waals surface area contributed by atoms with Crippen LogP contribution < -0.4 is 10.2 Å². The van der Waals surface area contributed by atoms with Crippen molar-refractivity contribution in [2.45, 2.75) is 39.8 Å². The SMILES string of the molecule is COC(=O)c1ccc2c(c1)CCN(c1cc(NC(C)C)nc(C)n1)C2. The molecule has 0 bridgehead atoms. The maximum absolute atomic E-state index is 11.7. The molecule has 2 aromatic rings. The van der Waals surface area contributed by atoms with Crippen molar-refractivity contribution in [1.29, 1.82) is 0 Å². The van der Waals surface area contributed by atoms with Crippen LogP contribution in [0.3, 0.4) is 0 Å². The molecule has 0 saturated carbocycles. The molecule has 0 amide bonds. The molecule has 0 atom stereocenters. The zero-order valence-electron chi connectivity index (χ0n) is 15.2. The van der Waals surface area contributed by atoms with E-state index < -0.39 is 0 Å². The highest BCUT2D eigenvalue weighted by atomic mass is 16.5. The van der Waals surface area contributed by atoms with E-state index in [4.69, 9.17) is 4.74 Å². The number of aryl methyl sites for hydroxylation is 1. The predicted molar refractivity (Wildman–Crippen MR) is 98.1 cm³/mol. The van der Waals surface area contributed by atoms with Crippen LogP contribution in [-0.4, -0.2) is 35.6 Å². The number of anilines is 2. The van der Waals surface area contributed by atoms with Crippen molar-refractivity contribution < 1.29 is 9.53 Å². The average Bonchev–Trinajstić information content (AvgIpc) is 2.59. The Kier molecular flexibility index (Phi) is 4.88. The van der Waals surface area contributed by atoms with Gasteiger partial charge in [0.25, 0.3) is 0 Å². The Hall–Kier alpha value is -2.63. The zero-order valence-corrected chi connectivity index (χ0v) is 15.2. The molecule has 0 fully saturated rings. The summed E-state index contributed by atoms with van der Waals surface area (Å²) in [6.07, 6.45) is 0.871. The van der Waals surface area contributed by atoms with E-state index in [9.17, 15) is 4.79 Å². The Morgan fingerprint density at radius 1 is 1.24 bits per heavy atom. The van der Waals surface area contributed by atoms with Crippen LogP contribution in [0.2, 0.25) is 0 Å². The number of carbonyl (C=O) groups excluding carboxylic acids is 1. The van der Waals surface area contributed by atoms with Crippen molar-refractivity contribution >= 4 is 17.6 Å². The monoisotopic (exact) mass is 340 g/mol. The fraction of sp³-hybridized carbons (Fsp3) is 0.421. The van der Waals surface area contributed by atoms with Crippen molar-refractivity contribution in [3.63, 3.8) is 0 Å². The topological polar surface area (TPSA) is 67.3 Å². The summed E-state index contributed by atoms with van der Waals surface area (Å²) in [5.74, 6) is 2.25. The van der Waals surface area contributed by atoms with Crippen LogP contribution in [0.15, 0.2) is 24.3 Å².